The molecule has 58 heavy (non-hydrogen) atoms. The number of aliphatic hydroxyl groups excluding tert-OH is 2. The number of fused-ring (bicyclic) bond motifs is 1. The number of phosphoric acid groups is 1. The van der Waals surface area contributed by atoms with E-state index in [0.29, 0.717) is 12.1 Å². The normalized spacial score (nSPS) is 20.7. The first-order valence-electron chi connectivity index (χ1n) is 20.6. The Labute approximate surface area is 341 Å². The quantitative estimate of drug-likeness (QED) is 0.0402. The van der Waals surface area contributed by atoms with Crippen molar-refractivity contribution in [1.29, 1.82) is 10.5 Å². The van der Waals surface area contributed by atoms with Crippen LogP contribution in [0.1, 0.15) is 131 Å². The second kappa shape index (κ2) is 24.2. The molecule has 16 nitrogen and oxygen atoms in total. The molecule has 0 bridgehead atoms. The number of hydrogen-bond acceptors (Lipinski definition) is 13. The molecule has 17 heteroatoms. The number of aromatic nitrogens is 3. The van der Waals surface area contributed by atoms with E-state index in [4.69, 9.17) is 24.3 Å². The number of anilines is 1. The first-order valence-corrected chi connectivity index (χ1v) is 22.1. The van der Waals surface area contributed by atoms with Crippen molar-refractivity contribution >= 4 is 25.1 Å². The van der Waals surface area contributed by atoms with Crippen LogP contribution in [0.5, 0.6) is 0 Å². The molecule has 318 valence electrons. The molecule has 0 aliphatic carbocycles. The molecule has 6 atom stereocenters. The monoisotopic (exact) mass is 825 g/mol. The summed E-state index contributed by atoms with van der Waals surface area (Å²) in [5.41, 5.74) is 4.65. The molecule has 6 N–H and O–H groups in total. The fourth-order valence-electron chi connectivity index (χ4n) is 7.05. The number of nitrogens with zero attached hydrogens (tertiary/aromatic N) is 5. The van der Waals surface area contributed by atoms with Gasteiger partial charge < -0.3 is 35.6 Å². The van der Waals surface area contributed by atoms with Crippen LogP contribution in [0.15, 0.2) is 42.7 Å². The van der Waals surface area contributed by atoms with Gasteiger partial charge in [0.05, 0.1) is 43.2 Å². The zero-order valence-corrected chi connectivity index (χ0v) is 34.4. The molecule has 1 unspecified atom stereocenters. The standard InChI is InChI=1S/C41H60N7O9P/c1-2-3-4-5-6-7-8-9-10-11-12-13-14-15-16-17-23-54-26-33(47-40(51)32-20-18-19-31(24-32)25-42)27-55-58(52,53)56-28-35-37(49)38(50)41(29-43,57-35)36-22-21-34-39(44)45-30-46-48(34)36/h18-22,24,30,33,35,37-38,49-50H,2-17,23,26-28H2,1H3,(H,47,51)(H,52,53)(H2,44,45,46)/t33-,35-,37-,38-,41+/m1/s1. The van der Waals surface area contributed by atoms with Crippen molar-refractivity contribution < 1.29 is 43.0 Å². The third-order valence-corrected chi connectivity index (χ3v) is 11.3. The third kappa shape index (κ3) is 13.8. The maximum absolute atomic E-state index is 13.1. The molecule has 1 aromatic carbocycles. The number of ether oxygens (including phenoxy) is 2. The largest absolute Gasteiger partial charge is 0.472 e. The molecule has 4 rings (SSSR count). The van der Waals surface area contributed by atoms with E-state index in [9.17, 15) is 35.0 Å². The molecule has 2 aromatic heterocycles. The molecule has 1 fully saturated rings. The smallest absolute Gasteiger partial charge is 0.387 e. The zero-order chi connectivity index (χ0) is 41.8. The van der Waals surface area contributed by atoms with Crippen molar-refractivity contribution in [2.45, 2.75) is 140 Å². The van der Waals surface area contributed by atoms with E-state index >= 15 is 0 Å². The fraction of sp³-hybridized carbons (Fsp3) is 0.634. The Morgan fingerprint density at radius 2 is 1.60 bits per heavy atom. The van der Waals surface area contributed by atoms with Crippen molar-refractivity contribution in [3.63, 3.8) is 0 Å². The van der Waals surface area contributed by atoms with Gasteiger partial charge in [0, 0.05) is 12.2 Å². The van der Waals surface area contributed by atoms with Crippen LogP contribution >= 0.6 is 7.82 Å². The molecule has 0 radical (unpaired) electrons. The summed E-state index contributed by atoms with van der Waals surface area (Å²) in [4.78, 5) is 27.6. The van der Waals surface area contributed by atoms with Crippen LogP contribution in [0, 0.1) is 22.7 Å². The molecule has 1 saturated heterocycles. The minimum Gasteiger partial charge on any atom is -0.387 e. The maximum Gasteiger partial charge on any atom is 0.472 e. The summed E-state index contributed by atoms with van der Waals surface area (Å²) >= 11 is 0. The summed E-state index contributed by atoms with van der Waals surface area (Å²) in [6.07, 6.45) is 16.2. The molecule has 1 amide bonds. The number of carbonyl (C=O) groups is 1. The Morgan fingerprint density at radius 1 is 0.966 bits per heavy atom. The summed E-state index contributed by atoms with van der Waals surface area (Å²) in [5, 5.41) is 48.0. The number of aliphatic hydroxyl groups is 2. The second-order valence-electron chi connectivity index (χ2n) is 14.9. The predicted octanol–water partition coefficient (Wildman–Crippen LogP) is 6.23. The van der Waals surface area contributed by atoms with Crippen LogP contribution < -0.4 is 11.1 Å². The van der Waals surface area contributed by atoms with E-state index in [0.717, 1.165) is 25.6 Å². The van der Waals surface area contributed by atoms with Crippen LogP contribution in [0.2, 0.25) is 0 Å². The van der Waals surface area contributed by atoms with Gasteiger partial charge in [-0.3, -0.25) is 13.8 Å². The van der Waals surface area contributed by atoms with Crippen molar-refractivity contribution in [3.8, 4) is 12.1 Å². The first kappa shape index (κ1) is 46.7. The van der Waals surface area contributed by atoms with Crippen molar-refractivity contribution in [2.24, 2.45) is 0 Å². The Hall–Kier alpha value is -3.96. The predicted molar refractivity (Wildman–Crippen MR) is 216 cm³/mol. The maximum atomic E-state index is 13.1. The van der Waals surface area contributed by atoms with E-state index in [1.165, 1.54) is 112 Å². The van der Waals surface area contributed by atoms with E-state index < -0.39 is 56.9 Å². The van der Waals surface area contributed by atoms with E-state index in [-0.39, 0.29) is 29.2 Å². The molecular formula is C41H60N7O9P. The van der Waals surface area contributed by atoms with Gasteiger partial charge in [-0.15, -0.1) is 0 Å². The summed E-state index contributed by atoms with van der Waals surface area (Å²) in [5.74, 6) is -0.434. The number of carbonyl (C=O) groups excluding carboxylic acids is 1. The highest BCUT2D eigenvalue weighted by Gasteiger charge is 2.58. The van der Waals surface area contributed by atoms with E-state index in [2.05, 4.69) is 22.3 Å². The number of phosphoric ester groups is 1. The Morgan fingerprint density at radius 3 is 2.22 bits per heavy atom. The first-order chi connectivity index (χ1) is 28.0. The molecule has 3 aromatic rings. The summed E-state index contributed by atoms with van der Waals surface area (Å²) in [6, 6.07) is 12.0. The molecule has 1 aliphatic rings. The molecule has 1 aliphatic heterocycles. The zero-order valence-electron chi connectivity index (χ0n) is 33.5. The number of nitrogens with one attached hydrogen (secondary N) is 1. The highest BCUT2D eigenvalue weighted by Crippen LogP contribution is 2.46. The van der Waals surface area contributed by atoms with Crippen molar-refractivity contribution in [3.05, 3.63) is 59.5 Å². The number of hydrogen-bond donors (Lipinski definition) is 5. The lowest BCUT2D eigenvalue weighted by Gasteiger charge is -2.24. The summed E-state index contributed by atoms with van der Waals surface area (Å²) < 4.78 is 36.3. The van der Waals surface area contributed by atoms with Gasteiger partial charge in [0.2, 0.25) is 5.60 Å². The second-order valence-corrected chi connectivity index (χ2v) is 16.4. The Balaban J connectivity index is 1.21. The number of amides is 1. The Bertz CT molecular complexity index is 1850. The lowest BCUT2D eigenvalue weighted by Crippen LogP contribution is -2.41. The van der Waals surface area contributed by atoms with E-state index in [1.807, 2.05) is 12.1 Å². The SMILES string of the molecule is CCCCCCCCCCCCCCCCCCOC[C@H](COP(=O)(O)OC[C@H]1O[C@@](C#N)(c2ccc3c(N)ncnn23)[C@H](O)[C@@H]1O)NC(=O)c1cccc(C#N)c1. The topological polar surface area (TPSA) is 248 Å². The number of rotatable bonds is 28. The lowest BCUT2D eigenvalue weighted by atomic mass is 9.92. The number of unbranched alkanes of at least 4 members (excludes halogenated alkanes) is 15. The Kier molecular flexibility index (Phi) is 19.5. The fourth-order valence-corrected chi connectivity index (χ4v) is 7.83. The van der Waals surface area contributed by atoms with Gasteiger partial charge in [0.25, 0.3) is 5.91 Å². The van der Waals surface area contributed by atoms with Gasteiger partial charge in [0.15, 0.2) is 5.82 Å². The minimum atomic E-state index is -4.86. The van der Waals surface area contributed by atoms with Crippen molar-refractivity contribution in [1.82, 2.24) is 19.9 Å². The van der Waals surface area contributed by atoms with Crippen LogP contribution in [-0.4, -0.2) is 86.4 Å². The van der Waals surface area contributed by atoms with Crippen molar-refractivity contribution in [2.75, 3.05) is 32.2 Å². The van der Waals surface area contributed by atoms with E-state index in [1.54, 1.807) is 12.1 Å². The molecule has 0 spiro atoms. The van der Waals surface area contributed by atoms with Crippen LogP contribution in [0.4, 0.5) is 5.82 Å². The molecule has 0 saturated carbocycles. The van der Waals surface area contributed by atoms with Gasteiger partial charge in [-0.25, -0.2) is 14.1 Å². The number of benzene rings is 1. The third-order valence-electron chi connectivity index (χ3n) is 10.4. The van der Waals surface area contributed by atoms with Gasteiger partial charge in [-0.1, -0.05) is 109 Å². The molecule has 3 heterocycles. The average molecular weight is 826 g/mol. The summed E-state index contributed by atoms with van der Waals surface area (Å²) in [7, 11) is -4.86. The van der Waals surface area contributed by atoms with Gasteiger partial charge in [-0.05, 0) is 36.8 Å². The number of nitrogens with two attached hydrogens (primary N) is 1. The summed E-state index contributed by atoms with van der Waals surface area (Å²) in [6.45, 7) is 1.39. The minimum absolute atomic E-state index is 0.0386. The van der Waals surface area contributed by atoms with Gasteiger partial charge >= 0.3 is 7.82 Å². The van der Waals surface area contributed by atoms with Gasteiger partial charge in [-0.2, -0.15) is 15.6 Å². The van der Waals surface area contributed by atoms with Crippen LogP contribution in [-0.2, 0) is 28.7 Å². The highest BCUT2D eigenvalue weighted by atomic mass is 31.2. The number of nitriles is 2. The average Bonchev–Trinajstić information content (AvgIpc) is 3.77. The highest BCUT2D eigenvalue weighted by molar-refractivity contribution is 7.47. The lowest BCUT2D eigenvalue weighted by molar-refractivity contribution is -0.0645. The van der Waals surface area contributed by atoms with Crippen LogP contribution in [0.25, 0.3) is 5.52 Å². The molecular weight excluding hydrogens is 765 g/mol. The van der Waals surface area contributed by atoms with Crippen LogP contribution in [0.3, 0.4) is 0 Å². The number of nitrogen functional groups attached to an aromatic ring is 1. The van der Waals surface area contributed by atoms with Gasteiger partial charge in [0.1, 0.15) is 36.2 Å².